The number of methoxy groups -OCH3 is 2. The molecule has 23 heavy (non-hydrogen) atoms. The molecule has 0 aromatic heterocycles. The van der Waals surface area contributed by atoms with Crippen LogP contribution in [0.3, 0.4) is 0 Å². The Morgan fingerprint density at radius 1 is 1.04 bits per heavy atom. The minimum Gasteiger partial charge on any atom is -0.493 e. The Kier molecular flexibility index (Phi) is 4.93. The Balaban J connectivity index is 2.34. The summed E-state index contributed by atoms with van der Waals surface area (Å²) < 4.78 is 11.0. The van der Waals surface area contributed by atoms with Gasteiger partial charge in [-0.1, -0.05) is 15.9 Å². The Hall–Kier alpha value is -2.09. The van der Waals surface area contributed by atoms with Crippen molar-refractivity contribution in [1.29, 1.82) is 0 Å². The van der Waals surface area contributed by atoms with Gasteiger partial charge < -0.3 is 9.47 Å². The summed E-state index contributed by atoms with van der Waals surface area (Å²) in [6.07, 6.45) is 0. The van der Waals surface area contributed by atoms with E-state index in [0.29, 0.717) is 21.5 Å². The largest absolute Gasteiger partial charge is 0.493 e. The molecule has 2 rings (SSSR count). The second-order valence-corrected chi connectivity index (χ2v) is 6.10. The van der Waals surface area contributed by atoms with Crippen LogP contribution in [0, 0.1) is 0 Å². The van der Waals surface area contributed by atoms with Gasteiger partial charge in [-0.2, -0.15) is 0 Å². The van der Waals surface area contributed by atoms with E-state index in [9.17, 15) is 14.4 Å². The molecule has 1 saturated heterocycles. The lowest BCUT2D eigenvalue weighted by Crippen LogP contribution is -2.37. The summed E-state index contributed by atoms with van der Waals surface area (Å²) in [5, 5.41) is 0. The summed E-state index contributed by atoms with van der Waals surface area (Å²) in [6.45, 7) is 3.32. The Morgan fingerprint density at radius 2 is 1.61 bits per heavy atom. The van der Waals surface area contributed by atoms with Gasteiger partial charge in [0.1, 0.15) is 0 Å². The van der Waals surface area contributed by atoms with E-state index in [1.54, 1.807) is 26.0 Å². The molecule has 1 heterocycles. The van der Waals surface area contributed by atoms with E-state index in [0.717, 1.165) is 9.80 Å². The van der Waals surface area contributed by atoms with Crippen LogP contribution >= 0.6 is 15.9 Å². The number of halogens is 1. The number of carbonyl (C=O) groups is 3. The number of imide groups is 2. The van der Waals surface area contributed by atoms with Gasteiger partial charge in [0.2, 0.25) is 0 Å². The van der Waals surface area contributed by atoms with Crippen LogP contribution in [0.15, 0.2) is 16.6 Å². The molecule has 1 aromatic rings. The van der Waals surface area contributed by atoms with Gasteiger partial charge in [0, 0.05) is 10.5 Å². The van der Waals surface area contributed by atoms with Crippen LogP contribution in [0.5, 0.6) is 11.5 Å². The van der Waals surface area contributed by atoms with Crippen LogP contribution in [0.4, 0.5) is 4.79 Å². The van der Waals surface area contributed by atoms with E-state index in [1.165, 1.54) is 14.2 Å². The first kappa shape index (κ1) is 17.3. The molecular formula is C15H17BrN2O5. The minimum atomic E-state index is -0.828. The van der Waals surface area contributed by atoms with Crippen molar-refractivity contribution in [1.82, 2.24) is 9.80 Å². The maximum Gasteiger partial charge on any atom is 0.334 e. The smallest absolute Gasteiger partial charge is 0.334 e. The Bertz CT molecular complexity index is 674. The van der Waals surface area contributed by atoms with Crippen LogP contribution in [0.2, 0.25) is 0 Å². The highest BCUT2D eigenvalue weighted by Crippen LogP contribution is 2.34. The third-order valence-corrected chi connectivity index (χ3v) is 4.22. The lowest BCUT2D eigenvalue weighted by molar-refractivity contribution is -0.144. The molecule has 0 aliphatic carbocycles. The highest BCUT2D eigenvalue weighted by molar-refractivity contribution is 9.10. The molecule has 0 unspecified atom stereocenters. The average Bonchev–Trinajstić information content (AvgIpc) is 2.72. The molecule has 0 spiro atoms. The van der Waals surface area contributed by atoms with E-state index in [1.807, 2.05) is 0 Å². The van der Waals surface area contributed by atoms with E-state index >= 15 is 0 Å². The van der Waals surface area contributed by atoms with Crippen molar-refractivity contribution in [3.05, 3.63) is 22.2 Å². The van der Waals surface area contributed by atoms with Crippen molar-refractivity contribution in [2.24, 2.45) is 0 Å². The zero-order valence-corrected chi connectivity index (χ0v) is 14.8. The number of urea groups is 1. The molecule has 124 valence electrons. The highest BCUT2D eigenvalue weighted by atomic mass is 79.9. The normalized spacial score (nSPS) is 15.0. The second-order valence-electron chi connectivity index (χ2n) is 5.24. The average molecular weight is 385 g/mol. The third kappa shape index (κ3) is 3.03. The van der Waals surface area contributed by atoms with Crippen LogP contribution in [-0.2, 0) is 16.1 Å². The summed E-state index contributed by atoms with van der Waals surface area (Å²) >= 11 is 3.37. The molecule has 1 aliphatic heterocycles. The molecule has 1 aromatic carbocycles. The fourth-order valence-corrected chi connectivity index (χ4v) is 2.75. The van der Waals surface area contributed by atoms with Crippen molar-refractivity contribution in [3.63, 3.8) is 0 Å². The maximum absolute atomic E-state index is 12.3. The Labute approximate surface area is 142 Å². The van der Waals surface area contributed by atoms with E-state index in [-0.39, 0.29) is 12.6 Å². The lowest BCUT2D eigenvalue weighted by Gasteiger charge is -2.19. The second kappa shape index (κ2) is 6.57. The van der Waals surface area contributed by atoms with Crippen molar-refractivity contribution in [2.75, 3.05) is 14.2 Å². The molecule has 1 fully saturated rings. The number of hydrogen-bond donors (Lipinski definition) is 0. The van der Waals surface area contributed by atoms with Gasteiger partial charge in [0.15, 0.2) is 11.5 Å². The Morgan fingerprint density at radius 3 is 2.09 bits per heavy atom. The first-order valence-electron chi connectivity index (χ1n) is 6.91. The van der Waals surface area contributed by atoms with Crippen LogP contribution in [0.1, 0.15) is 19.4 Å². The number of benzene rings is 1. The lowest BCUT2D eigenvalue weighted by atomic mass is 10.2. The zero-order valence-electron chi connectivity index (χ0n) is 13.3. The number of nitrogens with zero attached hydrogens (tertiary/aromatic N) is 2. The van der Waals surface area contributed by atoms with E-state index < -0.39 is 17.8 Å². The summed E-state index contributed by atoms with van der Waals surface area (Å²) in [4.78, 5) is 38.2. The number of amides is 4. The van der Waals surface area contributed by atoms with Gasteiger partial charge in [-0.25, -0.2) is 4.79 Å². The predicted octanol–water partition coefficient (Wildman–Crippen LogP) is 2.17. The summed E-state index contributed by atoms with van der Waals surface area (Å²) in [5.41, 5.74) is 0.628. The molecule has 0 atom stereocenters. The first-order valence-corrected chi connectivity index (χ1v) is 7.70. The van der Waals surface area contributed by atoms with E-state index in [4.69, 9.17) is 9.47 Å². The number of hydrogen-bond acceptors (Lipinski definition) is 5. The molecule has 8 heteroatoms. The van der Waals surface area contributed by atoms with Gasteiger partial charge in [-0.05, 0) is 31.5 Å². The molecule has 0 N–H and O–H groups in total. The van der Waals surface area contributed by atoms with Gasteiger partial charge in [0.25, 0.3) is 0 Å². The molecule has 0 bridgehead atoms. The molecule has 4 amide bonds. The van der Waals surface area contributed by atoms with E-state index in [2.05, 4.69) is 15.9 Å². The fourth-order valence-electron chi connectivity index (χ4n) is 2.30. The maximum atomic E-state index is 12.3. The third-order valence-electron chi connectivity index (χ3n) is 3.48. The summed E-state index contributed by atoms with van der Waals surface area (Å²) in [7, 11) is 3.00. The highest BCUT2D eigenvalue weighted by Gasteiger charge is 2.45. The quantitative estimate of drug-likeness (QED) is 0.574. The summed E-state index contributed by atoms with van der Waals surface area (Å²) in [5.74, 6) is -0.647. The van der Waals surface area contributed by atoms with Gasteiger partial charge in [-0.3, -0.25) is 19.4 Å². The van der Waals surface area contributed by atoms with Crippen LogP contribution in [0.25, 0.3) is 0 Å². The van der Waals surface area contributed by atoms with Crippen LogP contribution < -0.4 is 9.47 Å². The topological polar surface area (TPSA) is 76.2 Å². The SMILES string of the molecule is COc1cc(Br)c(CN2C(=O)C(=O)N(C(C)C)C2=O)cc1OC. The zero-order chi connectivity index (χ0) is 17.3. The van der Waals surface area contributed by atoms with Crippen molar-refractivity contribution >= 4 is 33.8 Å². The van der Waals surface area contributed by atoms with Gasteiger partial charge >= 0.3 is 17.8 Å². The van der Waals surface area contributed by atoms with Crippen molar-refractivity contribution in [2.45, 2.75) is 26.4 Å². The summed E-state index contributed by atoms with van der Waals surface area (Å²) in [6, 6.07) is 2.35. The molecule has 0 saturated carbocycles. The van der Waals surface area contributed by atoms with Crippen molar-refractivity contribution in [3.8, 4) is 11.5 Å². The standard InChI is InChI=1S/C15H17BrN2O5/c1-8(2)18-14(20)13(19)17(15(18)21)7-9-5-11(22-3)12(23-4)6-10(9)16/h5-6,8H,7H2,1-4H3. The van der Waals surface area contributed by atoms with Gasteiger partial charge in [0.05, 0.1) is 20.8 Å². The predicted molar refractivity (Wildman–Crippen MR) is 85.2 cm³/mol. The van der Waals surface area contributed by atoms with Crippen molar-refractivity contribution < 1.29 is 23.9 Å². The number of carbonyl (C=O) groups excluding carboxylic acids is 3. The number of ether oxygens (including phenoxy) is 2. The van der Waals surface area contributed by atoms with Crippen LogP contribution in [-0.4, -0.2) is 47.9 Å². The van der Waals surface area contributed by atoms with Gasteiger partial charge in [-0.15, -0.1) is 0 Å². The molecule has 0 radical (unpaired) electrons. The monoisotopic (exact) mass is 384 g/mol. The fraction of sp³-hybridized carbons (Fsp3) is 0.400. The number of rotatable bonds is 5. The molecular weight excluding hydrogens is 368 g/mol. The minimum absolute atomic E-state index is 0.0342. The molecule has 7 nitrogen and oxygen atoms in total. The molecule has 1 aliphatic rings. The first-order chi connectivity index (χ1) is 10.8.